The second kappa shape index (κ2) is 2.22. The molecule has 0 atom stereocenters. The van der Waals surface area contributed by atoms with Crippen molar-refractivity contribution in [3.05, 3.63) is 54.3 Å². The first-order valence-electron chi connectivity index (χ1n) is 3.40. The van der Waals surface area contributed by atoms with E-state index in [2.05, 4.69) is 49.3 Å². The summed E-state index contributed by atoms with van der Waals surface area (Å²) < 4.78 is 0. The van der Waals surface area contributed by atoms with E-state index in [-0.39, 0.29) is 0 Å². The zero-order chi connectivity index (χ0) is 6.81. The maximum atomic E-state index is 2.12. The molecular weight excluding hydrogens is 120 g/mol. The van der Waals surface area contributed by atoms with Gasteiger partial charge in [-0.3, -0.25) is 0 Å². The summed E-state index contributed by atoms with van der Waals surface area (Å²) in [5.41, 5.74) is 2.62. The highest BCUT2D eigenvalue weighted by Crippen LogP contribution is 2.18. The highest BCUT2D eigenvalue weighted by molar-refractivity contribution is 5.61. The van der Waals surface area contributed by atoms with Crippen molar-refractivity contribution in [3.63, 3.8) is 0 Å². The predicted octanol–water partition coefficient (Wildman–Crippen LogP) is 2.47. The summed E-state index contributed by atoms with van der Waals surface area (Å²) in [6.45, 7) is 0. The van der Waals surface area contributed by atoms with Gasteiger partial charge in [0.1, 0.15) is 0 Å². The number of hydrogen-bond donors (Lipinski definition) is 0. The Kier molecular flexibility index (Phi) is 1.24. The van der Waals surface area contributed by atoms with Crippen LogP contribution in [-0.2, 0) is 0 Å². The molecule has 0 N–H and O–H groups in total. The molecule has 0 saturated heterocycles. The molecule has 1 aliphatic carbocycles. The Morgan fingerprint density at radius 2 is 2.00 bits per heavy atom. The Morgan fingerprint density at radius 3 is 2.90 bits per heavy atom. The molecule has 0 unspecified atom stereocenters. The van der Waals surface area contributed by atoms with Crippen LogP contribution >= 0.6 is 0 Å². The van der Waals surface area contributed by atoms with Crippen molar-refractivity contribution in [2.75, 3.05) is 0 Å². The average molecular weight is 128 g/mol. The van der Waals surface area contributed by atoms with Gasteiger partial charge < -0.3 is 0 Å². The van der Waals surface area contributed by atoms with Crippen LogP contribution in [-0.4, -0.2) is 0 Å². The Labute approximate surface area is 61.2 Å². The fourth-order valence-electron chi connectivity index (χ4n) is 1.13. The van der Waals surface area contributed by atoms with Crippen LogP contribution in [0.1, 0.15) is 11.1 Å². The number of hydrogen-bond acceptors (Lipinski definition) is 0. The van der Waals surface area contributed by atoms with Crippen LogP contribution in [0, 0.1) is 12.8 Å². The van der Waals surface area contributed by atoms with E-state index in [0.717, 1.165) is 0 Å². The van der Waals surface area contributed by atoms with Crippen molar-refractivity contribution >= 4 is 6.08 Å². The summed E-state index contributed by atoms with van der Waals surface area (Å²) >= 11 is 0. The maximum absolute atomic E-state index is 2.12. The Hall–Kier alpha value is -1.17. The normalized spacial score (nSPS) is 14.0. The van der Waals surface area contributed by atoms with E-state index in [0.29, 0.717) is 0 Å². The van der Waals surface area contributed by atoms with Crippen LogP contribution in [0.25, 0.3) is 6.08 Å². The number of benzene rings is 1. The van der Waals surface area contributed by atoms with Gasteiger partial charge in [0.25, 0.3) is 0 Å². The Morgan fingerprint density at radius 1 is 1.10 bits per heavy atom. The van der Waals surface area contributed by atoms with Gasteiger partial charge in [-0.1, -0.05) is 12.5 Å². The summed E-state index contributed by atoms with van der Waals surface area (Å²) in [6, 6.07) is 8.36. The first kappa shape index (κ1) is 5.60. The minimum atomic E-state index is 1.31. The Balaban J connectivity index is 2.54. The van der Waals surface area contributed by atoms with Gasteiger partial charge in [-0.15, -0.1) is 29.8 Å². The molecule has 2 rings (SSSR count). The van der Waals surface area contributed by atoms with E-state index in [4.69, 9.17) is 0 Å². The third kappa shape index (κ3) is 0.820. The second-order valence-electron chi connectivity index (χ2n) is 2.35. The maximum Gasteiger partial charge on any atom is -0.0509 e. The fraction of sp³-hybridized carbons (Fsp3) is 0. The van der Waals surface area contributed by atoms with Crippen LogP contribution < -0.4 is 0 Å². The van der Waals surface area contributed by atoms with Crippen molar-refractivity contribution in [1.29, 1.82) is 0 Å². The molecule has 0 heterocycles. The van der Waals surface area contributed by atoms with Crippen molar-refractivity contribution in [3.8, 4) is 0 Å². The second-order valence-corrected chi connectivity index (χ2v) is 2.35. The molecule has 10 heavy (non-hydrogen) atoms. The van der Waals surface area contributed by atoms with Crippen molar-refractivity contribution < 1.29 is 0 Å². The largest absolute Gasteiger partial charge is 0.184 e. The molecule has 0 bridgehead atoms. The molecule has 0 amide bonds. The van der Waals surface area contributed by atoms with E-state index in [1.165, 1.54) is 11.1 Å². The zero-order valence-corrected chi connectivity index (χ0v) is 5.62. The van der Waals surface area contributed by atoms with Gasteiger partial charge in [-0.05, 0) is 0 Å². The molecular formula is C10H8-. The smallest absolute Gasteiger partial charge is 0.0509 e. The van der Waals surface area contributed by atoms with E-state index >= 15 is 0 Å². The number of fused-ring (bicyclic) bond motifs is 1. The average Bonchev–Trinajstić information content (AvgIpc) is 2.05. The fourth-order valence-corrected chi connectivity index (χ4v) is 1.13. The highest BCUT2D eigenvalue weighted by Gasteiger charge is 1.90. The van der Waals surface area contributed by atoms with E-state index < -0.39 is 0 Å². The number of allylic oxidation sites excluding steroid dienone is 1. The van der Waals surface area contributed by atoms with Crippen LogP contribution in [0.2, 0.25) is 0 Å². The van der Waals surface area contributed by atoms with Crippen molar-refractivity contribution in [1.82, 2.24) is 0 Å². The topological polar surface area (TPSA) is 0 Å². The summed E-state index contributed by atoms with van der Waals surface area (Å²) in [4.78, 5) is 0. The lowest BCUT2D eigenvalue weighted by molar-refractivity contribution is 1.41. The van der Waals surface area contributed by atoms with Crippen molar-refractivity contribution in [2.24, 2.45) is 0 Å². The molecule has 0 aromatic heterocycles. The summed E-state index contributed by atoms with van der Waals surface area (Å²) in [5, 5.41) is 0. The summed E-state index contributed by atoms with van der Waals surface area (Å²) in [6.07, 6.45) is 8.36. The van der Waals surface area contributed by atoms with Gasteiger partial charge >= 0.3 is 0 Å². The standard InChI is InChI=1S/C10H8/c1-2-6-10-8-4-3-7-9(10)5-1/h1-8H/q-1. The third-order valence-electron chi connectivity index (χ3n) is 1.66. The molecule has 0 nitrogen and oxygen atoms in total. The van der Waals surface area contributed by atoms with Gasteiger partial charge in [0.2, 0.25) is 0 Å². The molecule has 0 aliphatic heterocycles. The van der Waals surface area contributed by atoms with Crippen LogP contribution in [0.4, 0.5) is 0 Å². The SMILES string of the molecule is [CH]1C=Cc2ccccc2[CH-]1. The van der Waals surface area contributed by atoms with Gasteiger partial charge in [-0.25, -0.2) is 0 Å². The lowest BCUT2D eigenvalue weighted by Crippen LogP contribution is -1.89. The molecule has 1 aliphatic rings. The first-order chi connectivity index (χ1) is 4.97. The van der Waals surface area contributed by atoms with Gasteiger partial charge in [-0.2, -0.15) is 18.1 Å². The molecule has 1 aromatic rings. The molecule has 0 fully saturated rings. The lowest BCUT2D eigenvalue weighted by atomic mass is 9.98. The molecule has 0 spiro atoms. The monoisotopic (exact) mass is 128 g/mol. The van der Waals surface area contributed by atoms with Crippen molar-refractivity contribution in [2.45, 2.75) is 0 Å². The minimum Gasteiger partial charge on any atom is -0.184 e. The first-order valence-corrected chi connectivity index (χ1v) is 3.40. The summed E-state index contributed by atoms with van der Waals surface area (Å²) in [5.74, 6) is 0. The quantitative estimate of drug-likeness (QED) is 0.471. The van der Waals surface area contributed by atoms with Gasteiger partial charge in [0.05, 0.1) is 0 Å². The van der Waals surface area contributed by atoms with E-state index in [1.54, 1.807) is 0 Å². The molecule has 0 saturated carbocycles. The molecule has 1 aromatic carbocycles. The molecule has 49 valence electrons. The molecule has 1 radical (unpaired) electrons. The van der Waals surface area contributed by atoms with E-state index in [9.17, 15) is 0 Å². The zero-order valence-electron chi connectivity index (χ0n) is 5.62. The number of rotatable bonds is 0. The lowest BCUT2D eigenvalue weighted by Gasteiger charge is -2.17. The van der Waals surface area contributed by atoms with Crippen LogP contribution in [0.3, 0.4) is 0 Å². The summed E-state index contributed by atoms with van der Waals surface area (Å²) in [7, 11) is 0. The van der Waals surface area contributed by atoms with Crippen LogP contribution in [0.15, 0.2) is 30.3 Å². The minimum absolute atomic E-state index is 1.31. The third-order valence-corrected chi connectivity index (χ3v) is 1.66. The highest BCUT2D eigenvalue weighted by atomic mass is 14.1. The van der Waals surface area contributed by atoms with Gasteiger partial charge in [0.15, 0.2) is 0 Å². The Bertz CT molecular complexity index is 258. The van der Waals surface area contributed by atoms with E-state index in [1.807, 2.05) is 0 Å². The van der Waals surface area contributed by atoms with Crippen LogP contribution in [0.5, 0.6) is 0 Å². The molecule has 0 heteroatoms. The predicted molar refractivity (Wildman–Crippen MR) is 43.2 cm³/mol. The van der Waals surface area contributed by atoms with Gasteiger partial charge in [0, 0.05) is 0 Å².